The molecule has 0 spiro atoms. The molecule has 0 amide bonds. The predicted octanol–water partition coefficient (Wildman–Crippen LogP) is 5.27. The van der Waals surface area contributed by atoms with Crippen LogP contribution in [0.5, 0.6) is 0 Å². The molecular weight excluding hydrogens is 421 g/mol. The van der Waals surface area contributed by atoms with Crippen molar-refractivity contribution in [1.82, 2.24) is 0 Å². The van der Waals surface area contributed by atoms with E-state index in [1.54, 1.807) is 0 Å². The second kappa shape index (κ2) is 12.5. The largest absolute Gasteiger partial charge is 0.456 e. The lowest BCUT2D eigenvalue weighted by Crippen LogP contribution is -2.42. The number of hydrogen-bond acceptors (Lipinski definition) is 5. The Balaban J connectivity index is 3.75. The summed E-state index contributed by atoms with van der Waals surface area (Å²) in [5, 5.41) is 10.0. The minimum absolute atomic E-state index is 0.343. The molecule has 0 fully saturated rings. The van der Waals surface area contributed by atoms with E-state index in [1.807, 2.05) is 0 Å². The quantitative estimate of drug-likeness (QED) is 0.247. The molecule has 28 heavy (non-hydrogen) atoms. The topological polar surface area (TPSA) is 57.2 Å². The summed E-state index contributed by atoms with van der Waals surface area (Å²) in [5.74, 6) is 0. The molecule has 0 aromatic carbocycles. The maximum absolute atomic E-state index is 10.0. The van der Waals surface area contributed by atoms with E-state index in [4.69, 9.17) is 17.7 Å². The SMILES string of the molecule is C[Si](C)(C)O[Si](C)(C)CCCOCC(O)COCCC[Si](C)(C)O[Si](C)(C)C. The Bertz CT molecular complexity index is 382. The van der Waals surface area contributed by atoms with Gasteiger partial charge in [-0.15, -0.1) is 0 Å². The van der Waals surface area contributed by atoms with Gasteiger partial charge in [-0.1, -0.05) is 0 Å². The highest BCUT2D eigenvalue weighted by Crippen LogP contribution is 2.20. The van der Waals surface area contributed by atoms with Crippen molar-refractivity contribution in [3.05, 3.63) is 0 Å². The van der Waals surface area contributed by atoms with Crippen LogP contribution in [0.15, 0.2) is 0 Å². The molecule has 0 aromatic rings. The van der Waals surface area contributed by atoms with E-state index in [9.17, 15) is 5.11 Å². The molecule has 0 aliphatic carbocycles. The molecule has 0 atom stereocenters. The molecule has 0 radical (unpaired) electrons. The van der Waals surface area contributed by atoms with Crippen LogP contribution in [0.1, 0.15) is 12.8 Å². The van der Waals surface area contributed by atoms with Crippen molar-refractivity contribution in [3.8, 4) is 0 Å². The van der Waals surface area contributed by atoms with Gasteiger partial charge in [0.25, 0.3) is 0 Å². The van der Waals surface area contributed by atoms with Gasteiger partial charge >= 0.3 is 0 Å². The fraction of sp³-hybridized carbons (Fsp3) is 1.00. The molecule has 0 heterocycles. The molecule has 0 saturated carbocycles. The Hall–Kier alpha value is 0.668. The third-order valence-electron chi connectivity index (χ3n) is 3.92. The van der Waals surface area contributed by atoms with Crippen LogP contribution >= 0.6 is 0 Å². The van der Waals surface area contributed by atoms with Crippen LogP contribution in [0.3, 0.4) is 0 Å². The van der Waals surface area contributed by atoms with Crippen LogP contribution in [-0.2, 0) is 17.7 Å². The van der Waals surface area contributed by atoms with E-state index in [-0.39, 0.29) is 0 Å². The second-order valence-electron chi connectivity index (χ2n) is 11.0. The Morgan fingerprint density at radius 3 is 1.21 bits per heavy atom. The summed E-state index contributed by atoms with van der Waals surface area (Å²) in [6.45, 7) is 24.7. The summed E-state index contributed by atoms with van der Waals surface area (Å²) in [7, 11) is -6.10. The summed E-state index contributed by atoms with van der Waals surface area (Å²) in [4.78, 5) is 0. The van der Waals surface area contributed by atoms with Crippen molar-refractivity contribution in [1.29, 1.82) is 0 Å². The van der Waals surface area contributed by atoms with Gasteiger partial charge in [0.1, 0.15) is 6.10 Å². The van der Waals surface area contributed by atoms with Gasteiger partial charge in [0.05, 0.1) is 13.2 Å². The summed E-state index contributed by atoms with van der Waals surface area (Å²) in [5.41, 5.74) is 0. The van der Waals surface area contributed by atoms with Gasteiger partial charge in [-0.3, -0.25) is 0 Å². The molecule has 1 N–H and O–H groups in total. The van der Waals surface area contributed by atoms with Gasteiger partial charge in [0.2, 0.25) is 0 Å². The fourth-order valence-electron chi connectivity index (χ4n) is 3.45. The molecule has 5 nitrogen and oxygen atoms in total. The third kappa shape index (κ3) is 18.7. The highest BCUT2D eigenvalue weighted by atomic mass is 28.4. The highest BCUT2D eigenvalue weighted by molar-refractivity contribution is 6.84. The maximum atomic E-state index is 10.0. The van der Waals surface area contributed by atoms with Gasteiger partial charge in [-0.05, 0) is 90.4 Å². The molecule has 9 heteroatoms. The lowest BCUT2D eigenvalue weighted by molar-refractivity contribution is -0.0186. The van der Waals surface area contributed by atoms with Crippen LogP contribution < -0.4 is 0 Å². The van der Waals surface area contributed by atoms with Gasteiger partial charge in [0, 0.05) is 13.2 Å². The van der Waals surface area contributed by atoms with Crippen LogP contribution in [0, 0.1) is 0 Å². The summed E-state index contributed by atoms with van der Waals surface area (Å²) in [6.07, 6.45) is 1.44. The number of hydrogen-bond donors (Lipinski definition) is 1. The van der Waals surface area contributed by atoms with Gasteiger partial charge < -0.3 is 22.8 Å². The zero-order chi connectivity index (χ0) is 22.1. The van der Waals surface area contributed by atoms with Gasteiger partial charge in [0.15, 0.2) is 33.3 Å². The lowest BCUT2D eigenvalue weighted by atomic mass is 10.4. The van der Waals surface area contributed by atoms with Crippen LogP contribution in [0.25, 0.3) is 0 Å². The predicted molar refractivity (Wildman–Crippen MR) is 130 cm³/mol. The zero-order valence-corrected chi connectivity index (χ0v) is 24.3. The van der Waals surface area contributed by atoms with E-state index in [0.717, 1.165) is 24.9 Å². The molecule has 0 saturated heterocycles. The molecule has 0 rings (SSSR count). The van der Waals surface area contributed by atoms with E-state index >= 15 is 0 Å². The van der Waals surface area contributed by atoms with Crippen molar-refractivity contribution in [2.45, 2.75) is 96.5 Å². The van der Waals surface area contributed by atoms with Crippen molar-refractivity contribution in [2.75, 3.05) is 26.4 Å². The summed E-state index contributed by atoms with van der Waals surface area (Å²) in [6, 6.07) is 2.20. The smallest absolute Gasteiger partial charge is 0.173 e. The Morgan fingerprint density at radius 1 is 0.607 bits per heavy atom. The molecule has 0 aromatic heterocycles. The second-order valence-corrected chi connectivity index (χ2v) is 29.1. The first-order chi connectivity index (χ1) is 12.5. The first-order valence-electron chi connectivity index (χ1n) is 10.8. The average molecular weight is 469 g/mol. The molecule has 0 bridgehead atoms. The molecule has 0 unspecified atom stereocenters. The van der Waals surface area contributed by atoms with Gasteiger partial charge in [-0.25, -0.2) is 0 Å². The van der Waals surface area contributed by atoms with Crippen LogP contribution in [-0.4, -0.2) is 70.9 Å². The van der Waals surface area contributed by atoms with Crippen molar-refractivity contribution in [3.63, 3.8) is 0 Å². The number of aliphatic hydroxyl groups excluding tert-OH is 1. The number of ether oxygens (including phenoxy) is 2. The highest BCUT2D eigenvalue weighted by Gasteiger charge is 2.29. The van der Waals surface area contributed by atoms with Crippen molar-refractivity contribution < 1.29 is 22.8 Å². The van der Waals surface area contributed by atoms with E-state index in [2.05, 4.69) is 65.5 Å². The van der Waals surface area contributed by atoms with E-state index in [1.165, 1.54) is 0 Å². The first kappa shape index (κ1) is 28.7. The van der Waals surface area contributed by atoms with Crippen LogP contribution in [0.4, 0.5) is 0 Å². The number of aliphatic hydroxyl groups is 1. The monoisotopic (exact) mass is 468 g/mol. The zero-order valence-electron chi connectivity index (χ0n) is 20.3. The van der Waals surface area contributed by atoms with Gasteiger partial charge in [-0.2, -0.15) is 0 Å². The molecule has 170 valence electrons. The molecule has 0 aliphatic rings. The Kier molecular flexibility index (Phi) is 12.8. The summed E-state index contributed by atoms with van der Waals surface area (Å²) >= 11 is 0. The molecular formula is C19H48O5Si4. The third-order valence-corrected chi connectivity index (χ3v) is 16.4. The Labute approximate surface area is 179 Å². The average Bonchev–Trinajstić information content (AvgIpc) is 2.40. The lowest BCUT2D eigenvalue weighted by Gasteiger charge is -2.31. The Morgan fingerprint density at radius 2 is 0.929 bits per heavy atom. The standard InChI is InChI=1S/C19H48O5Si4/c1-25(2,3)23-27(7,8)15-11-13-21-17-19(20)18-22-14-12-16-28(9,10)24-26(4,5)6/h19-20H,11-18H2,1-10H3. The minimum Gasteiger partial charge on any atom is -0.456 e. The number of rotatable bonds is 16. The normalized spacial score (nSPS) is 14.1. The van der Waals surface area contributed by atoms with E-state index < -0.39 is 39.4 Å². The summed E-state index contributed by atoms with van der Waals surface area (Å²) < 4.78 is 23.9. The minimum atomic E-state index is -1.59. The van der Waals surface area contributed by atoms with Crippen molar-refractivity contribution in [2.24, 2.45) is 0 Å². The van der Waals surface area contributed by atoms with Crippen molar-refractivity contribution >= 4 is 33.3 Å². The first-order valence-corrected chi connectivity index (χ1v) is 23.8. The van der Waals surface area contributed by atoms with E-state index in [0.29, 0.717) is 26.4 Å². The maximum Gasteiger partial charge on any atom is 0.173 e. The molecule has 0 aliphatic heterocycles. The fourth-order valence-corrected chi connectivity index (χ4v) is 19.5. The van der Waals surface area contributed by atoms with Crippen LogP contribution in [0.2, 0.25) is 77.6 Å².